The Hall–Kier alpha value is -3.42. The Morgan fingerprint density at radius 1 is 1.08 bits per heavy atom. The number of anilines is 1. The number of urea groups is 1. The first-order valence-electron chi connectivity index (χ1n) is 7.62. The van der Waals surface area contributed by atoms with Crippen molar-refractivity contribution >= 4 is 23.6 Å². The number of amides is 3. The normalized spacial score (nSPS) is 9.92. The van der Waals surface area contributed by atoms with Gasteiger partial charge in [0.25, 0.3) is 5.91 Å². The van der Waals surface area contributed by atoms with Gasteiger partial charge in [-0.1, -0.05) is 24.3 Å². The Morgan fingerprint density at radius 3 is 2.46 bits per heavy atom. The second kappa shape index (κ2) is 9.16. The monoisotopic (exact) mass is 360 g/mol. The predicted molar refractivity (Wildman–Crippen MR) is 91.2 cm³/mol. The molecule has 3 amide bonds. The van der Waals surface area contributed by atoms with Gasteiger partial charge in [-0.2, -0.15) is 0 Å². The third-order valence-corrected chi connectivity index (χ3v) is 3.21. The summed E-state index contributed by atoms with van der Waals surface area (Å²) in [5.74, 6) is -2.06. The molecule has 2 aromatic rings. The van der Waals surface area contributed by atoms with Crippen LogP contribution in [0.5, 0.6) is 5.75 Å². The molecule has 0 aliphatic rings. The lowest BCUT2D eigenvalue weighted by Gasteiger charge is -2.08. The molecule has 2 rings (SSSR count). The maximum atomic E-state index is 13.6. The Bertz CT molecular complexity index is 795. The van der Waals surface area contributed by atoms with Gasteiger partial charge < -0.3 is 14.8 Å². The van der Waals surface area contributed by atoms with Gasteiger partial charge in [0.05, 0.1) is 13.5 Å². The van der Waals surface area contributed by atoms with Crippen LogP contribution in [0.2, 0.25) is 0 Å². The average Bonchev–Trinajstić information content (AvgIpc) is 2.61. The van der Waals surface area contributed by atoms with Crippen LogP contribution in [-0.2, 0) is 20.7 Å². The summed E-state index contributed by atoms with van der Waals surface area (Å²) in [6.45, 7) is -0.625. The van der Waals surface area contributed by atoms with Gasteiger partial charge in [0.15, 0.2) is 18.2 Å². The number of hydrogen-bond donors (Lipinski definition) is 2. The maximum absolute atomic E-state index is 13.6. The molecule has 0 saturated carbocycles. The molecule has 26 heavy (non-hydrogen) atoms. The van der Waals surface area contributed by atoms with Crippen molar-refractivity contribution in [2.75, 3.05) is 19.0 Å². The summed E-state index contributed by atoms with van der Waals surface area (Å²) < 4.78 is 23.1. The lowest BCUT2D eigenvalue weighted by Crippen LogP contribution is -2.37. The van der Waals surface area contributed by atoms with Crippen molar-refractivity contribution < 1.29 is 28.2 Å². The van der Waals surface area contributed by atoms with Crippen LogP contribution in [-0.4, -0.2) is 31.6 Å². The standard InChI is InChI=1S/C18H17FN2O5/c1-25-15-8-7-12(9-14(15)19)10-17(23)26-11-16(22)21-18(24)20-13-5-3-2-4-6-13/h2-9H,10-11H2,1H3,(H2,20,21,22,24). The number of nitrogens with one attached hydrogen (secondary N) is 2. The van der Waals surface area contributed by atoms with Crippen molar-refractivity contribution in [2.24, 2.45) is 0 Å². The topological polar surface area (TPSA) is 93.7 Å². The summed E-state index contributed by atoms with van der Waals surface area (Å²) in [6, 6.07) is 11.8. The van der Waals surface area contributed by atoms with E-state index in [0.29, 0.717) is 11.3 Å². The van der Waals surface area contributed by atoms with E-state index >= 15 is 0 Å². The molecule has 8 heteroatoms. The van der Waals surface area contributed by atoms with Crippen molar-refractivity contribution in [3.63, 3.8) is 0 Å². The molecule has 0 aromatic heterocycles. The van der Waals surface area contributed by atoms with E-state index in [2.05, 4.69) is 5.32 Å². The fourth-order valence-corrected chi connectivity index (χ4v) is 2.03. The molecule has 0 spiro atoms. The van der Waals surface area contributed by atoms with Crippen LogP contribution in [0.1, 0.15) is 5.56 Å². The molecule has 0 fully saturated rings. The van der Waals surface area contributed by atoms with E-state index in [1.165, 1.54) is 19.2 Å². The molecular formula is C18H17FN2O5. The van der Waals surface area contributed by atoms with Gasteiger partial charge >= 0.3 is 12.0 Å². The van der Waals surface area contributed by atoms with Crippen molar-refractivity contribution in [2.45, 2.75) is 6.42 Å². The van der Waals surface area contributed by atoms with Gasteiger partial charge in [0.1, 0.15) is 0 Å². The van der Waals surface area contributed by atoms with Crippen LogP contribution < -0.4 is 15.4 Å². The Labute approximate surface area is 149 Å². The fraction of sp³-hybridized carbons (Fsp3) is 0.167. The van der Waals surface area contributed by atoms with Crippen LogP contribution in [0.15, 0.2) is 48.5 Å². The molecule has 2 N–H and O–H groups in total. The number of esters is 1. The van der Waals surface area contributed by atoms with E-state index in [-0.39, 0.29) is 12.2 Å². The van der Waals surface area contributed by atoms with Gasteiger partial charge in [-0.15, -0.1) is 0 Å². The summed E-state index contributed by atoms with van der Waals surface area (Å²) in [5.41, 5.74) is 0.881. The average molecular weight is 360 g/mol. The summed E-state index contributed by atoms with van der Waals surface area (Å²) in [7, 11) is 1.33. The molecule has 0 aliphatic carbocycles. The Balaban J connectivity index is 1.75. The summed E-state index contributed by atoms with van der Waals surface area (Å²) in [5, 5.41) is 4.48. The first-order valence-corrected chi connectivity index (χ1v) is 7.62. The lowest BCUT2D eigenvalue weighted by atomic mass is 10.1. The van der Waals surface area contributed by atoms with Crippen LogP contribution >= 0.6 is 0 Å². The lowest BCUT2D eigenvalue weighted by molar-refractivity contribution is -0.147. The maximum Gasteiger partial charge on any atom is 0.325 e. The van der Waals surface area contributed by atoms with Crippen LogP contribution in [0.25, 0.3) is 0 Å². The minimum Gasteiger partial charge on any atom is -0.494 e. The van der Waals surface area contributed by atoms with Gasteiger partial charge in [-0.3, -0.25) is 14.9 Å². The number of benzene rings is 2. The van der Waals surface area contributed by atoms with E-state index in [1.807, 2.05) is 5.32 Å². The van der Waals surface area contributed by atoms with Crippen molar-refractivity contribution in [1.29, 1.82) is 0 Å². The zero-order chi connectivity index (χ0) is 18.9. The number of rotatable bonds is 6. The second-order valence-electron chi connectivity index (χ2n) is 5.17. The molecule has 0 atom stereocenters. The smallest absolute Gasteiger partial charge is 0.325 e. The zero-order valence-corrected chi connectivity index (χ0v) is 14.0. The number of hydrogen-bond acceptors (Lipinski definition) is 5. The molecule has 0 heterocycles. The largest absolute Gasteiger partial charge is 0.494 e. The van der Waals surface area contributed by atoms with Gasteiger partial charge in [0.2, 0.25) is 0 Å². The minimum absolute atomic E-state index is 0.0610. The molecule has 0 saturated heterocycles. The summed E-state index contributed by atoms with van der Waals surface area (Å²) >= 11 is 0. The molecule has 136 valence electrons. The van der Waals surface area contributed by atoms with E-state index in [4.69, 9.17) is 9.47 Å². The highest BCUT2D eigenvalue weighted by Crippen LogP contribution is 2.18. The highest BCUT2D eigenvalue weighted by molar-refractivity contribution is 6.01. The highest BCUT2D eigenvalue weighted by atomic mass is 19.1. The number of ether oxygens (including phenoxy) is 2. The summed E-state index contributed by atoms with van der Waals surface area (Å²) in [6.07, 6.45) is -0.218. The molecule has 0 aliphatic heterocycles. The van der Waals surface area contributed by atoms with Crippen LogP contribution in [0.3, 0.4) is 0 Å². The van der Waals surface area contributed by atoms with Crippen molar-refractivity contribution in [1.82, 2.24) is 5.32 Å². The number of methoxy groups -OCH3 is 1. The highest BCUT2D eigenvalue weighted by Gasteiger charge is 2.13. The first kappa shape index (κ1) is 18.9. The van der Waals surface area contributed by atoms with Crippen LogP contribution in [0.4, 0.5) is 14.9 Å². The molecular weight excluding hydrogens is 343 g/mol. The number of halogens is 1. The number of carbonyl (C=O) groups is 3. The Kier molecular flexibility index (Phi) is 6.67. The third kappa shape index (κ3) is 5.90. The quantitative estimate of drug-likeness (QED) is 0.771. The van der Waals surface area contributed by atoms with Crippen molar-refractivity contribution in [3.05, 3.63) is 59.9 Å². The summed E-state index contributed by atoms with van der Waals surface area (Å²) in [4.78, 5) is 34.9. The molecule has 7 nitrogen and oxygen atoms in total. The van der Waals surface area contributed by atoms with E-state index in [1.54, 1.807) is 30.3 Å². The molecule has 0 unspecified atom stereocenters. The van der Waals surface area contributed by atoms with Crippen LogP contribution in [0, 0.1) is 5.82 Å². The van der Waals surface area contributed by atoms with Crippen molar-refractivity contribution in [3.8, 4) is 5.75 Å². The van der Waals surface area contributed by atoms with E-state index < -0.39 is 30.3 Å². The third-order valence-electron chi connectivity index (χ3n) is 3.21. The number of carbonyl (C=O) groups excluding carboxylic acids is 3. The van der Waals surface area contributed by atoms with E-state index in [9.17, 15) is 18.8 Å². The number of imide groups is 1. The predicted octanol–water partition coefficient (Wildman–Crippen LogP) is 2.27. The number of para-hydroxylation sites is 1. The van der Waals surface area contributed by atoms with E-state index in [0.717, 1.165) is 6.07 Å². The van der Waals surface area contributed by atoms with Gasteiger partial charge in [0, 0.05) is 5.69 Å². The minimum atomic E-state index is -0.785. The second-order valence-corrected chi connectivity index (χ2v) is 5.17. The Morgan fingerprint density at radius 2 is 1.81 bits per heavy atom. The van der Waals surface area contributed by atoms with Gasteiger partial charge in [-0.05, 0) is 29.8 Å². The first-order chi connectivity index (χ1) is 12.5. The fourth-order valence-electron chi connectivity index (χ4n) is 2.03. The molecule has 2 aromatic carbocycles. The zero-order valence-electron chi connectivity index (χ0n) is 14.0. The SMILES string of the molecule is COc1ccc(CC(=O)OCC(=O)NC(=O)Nc2ccccc2)cc1F. The molecule has 0 radical (unpaired) electrons. The molecule has 0 bridgehead atoms. The van der Waals surface area contributed by atoms with Gasteiger partial charge in [-0.25, -0.2) is 9.18 Å².